The molecule has 110 valence electrons. The molecule has 5 heteroatoms. The fraction of sp³-hybridized carbons (Fsp3) is 0.188. The molecule has 0 spiro atoms. The molecular formula is C16H18FN3O. The van der Waals surface area contributed by atoms with Crippen LogP contribution in [0.15, 0.2) is 48.5 Å². The van der Waals surface area contributed by atoms with Crippen molar-refractivity contribution in [2.24, 2.45) is 5.84 Å². The van der Waals surface area contributed by atoms with E-state index in [1.54, 1.807) is 12.1 Å². The molecule has 0 saturated carbocycles. The number of hydrazine groups is 1. The fourth-order valence-electron chi connectivity index (χ4n) is 2.06. The topological polar surface area (TPSA) is 58.4 Å². The van der Waals surface area contributed by atoms with Crippen LogP contribution >= 0.6 is 0 Å². The van der Waals surface area contributed by atoms with Gasteiger partial charge in [-0.2, -0.15) is 0 Å². The molecule has 0 aromatic heterocycles. The average molecular weight is 287 g/mol. The van der Waals surface area contributed by atoms with Gasteiger partial charge in [0.1, 0.15) is 5.82 Å². The van der Waals surface area contributed by atoms with E-state index in [-0.39, 0.29) is 18.1 Å². The molecule has 2 aromatic carbocycles. The zero-order valence-corrected chi connectivity index (χ0v) is 11.8. The van der Waals surface area contributed by atoms with Crippen LogP contribution in [0.5, 0.6) is 0 Å². The Morgan fingerprint density at radius 2 is 1.67 bits per heavy atom. The molecule has 0 aliphatic carbocycles. The van der Waals surface area contributed by atoms with E-state index in [2.05, 4.69) is 5.43 Å². The van der Waals surface area contributed by atoms with E-state index in [9.17, 15) is 9.18 Å². The highest BCUT2D eigenvalue weighted by Crippen LogP contribution is 2.16. The Bertz CT molecular complexity index is 596. The van der Waals surface area contributed by atoms with Gasteiger partial charge >= 0.3 is 0 Å². The van der Waals surface area contributed by atoms with Crippen molar-refractivity contribution in [2.75, 3.05) is 11.9 Å². The maximum Gasteiger partial charge on any atom is 0.238 e. The molecule has 0 radical (unpaired) electrons. The molecule has 2 rings (SSSR count). The quantitative estimate of drug-likeness (QED) is 0.502. The Morgan fingerprint density at radius 1 is 1.10 bits per heavy atom. The highest BCUT2D eigenvalue weighted by molar-refractivity contribution is 5.77. The lowest BCUT2D eigenvalue weighted by atomic mass is 10.1. The summed E-state index contributed by atoms with van der Waals surface area (Å²) in [7, 11) is 1.95. The normalized spacial score (nSPS) is 10.2. The lowest BCUT2D eigenvalue weighted by molar-refractivity contribution is -0.120. The largest absolute Gasteiger partial charge is 0.370 e. The van der Waals surface area contributed by atoms with Crippen LogP contribution in [0.3, 0.4) is 0 Å². The Balaban J connectivity index is 1.99. The fourth-order valence-corrected chi connectivity index (χ4v) is 2.06. The van der Waals surface area contributed by atoms with E-state index in [4.69, 9.17) is 5.84 Å². The van der Waals surface area contributed by atoms with Crippen LogP contribution < -0.4 is 16.2 Å². The number of anilines is 1. The van der Waals surface area contributed by atoms with E-state index in [0.717, 1.165) is 16.8 Å². The van der Waals surface area contributed by atoms with Crippen molar-refractivity contribution in [3.63, 3.8) is 0 Å². The minimum absolute atomic E-state index is 0.216. The maximum atomic E-state index is 12.9. The summed E-state index contributed by atoms with van der Waals surface area (Å²) in [5, 5.41) is 0. The van der Waals surface area contributed by atoms with E-state index < -0.39 is 0 Å². The van der Waals surface area contributed by atoms with Crippen LogP contribution in [0.4, 0.5) is 10.1 Å². The number of amides is 1. The summed E-state index contributed by atoms with van der Waals surface area (Å²) in [6.07, 6.45) is 0.268. The summed E-state index contributed by atoms with van der Waals surface area (Å²) in [6, 6.07) is 14.1. The molecule has 0 heterocycles. The third-order valence-electron chi connectivity index (χ3n) is 3.24. The van der Waals surface area contributed by atoms with Gasteiger partial charge in [-0.15, -0.1) is 0 Å². The van der Waals surface area contributed by atoms with E-state index in [1.807, 2.05) is 36.2 Å². The summed E-state index contributed by atoms with van der Waals surface area (Å²) >= 11 is 0. The van der Waals surface area contributed by atoms with E-state index in [1.165, 1.54) is 12.1 Å². The van der Waals surface area contributed by atoms with Crippen molar-refractivity contribution in [2.45, 2.75) is 13.0 Å². The van der Waals surface area contributed by atoms with Crippen LogP contribution in [-0.4, -0.2) is 13.0 Å². The van der Waals surface area contributed by atoms with Gasteiger partial charge in [-0.25, -0.2) is 10.2 Å². The third kappa shape index (κ3) is 4.29. The molecule has 4 nitrogen and oxygen atoms in total. The third-order valence-corrected chi connectivity index (χ3v) is 3.24. The second-order valence-corrected chi connectivity index (χ2v) is 4.89. The molecule has 0 atom stereocenters. The van der Waals surface area contributed by atoms with Crippen molar-refractivity contribution < 1.29 is 9.18 Å². The Kier molecular flexibility index (Phi) is 4.90. The Morgan fingerprint density at radius 3 is 2.24 bits per heavy atom. The lowest BCUT2D eigenvalue weighted by Crippen LogP contribution is -2.31. The van der Waals surface area contributed by atoms with Crippen LogP contribution in [0.2, 0.25) is 0 Å². The molecule has 0 bridgehead atoms. The molecule has 0 aliphatic rings. The summed E-state index contributed by atoms with van der Waals surface area (Å²) in [5.41, 5.74) is 5.07. The number of nitrogens with one attached hydrogen (secondary N) is 1. The minimum Gasteiger partial charge on any atom is -0.370 e. The number of carbonyl (C=O) groups excluding carboxylic acids is 1. The first kappa shape index (κ1) is 15.0. The summed E-state index contributed by atoms with van der Waals surface area (Å²) in [4.78, 5) is 13.2. The molecule has 0 aliphatic heterocycles. The zero-order valence-electron chi connectivity index (χ0n) is 11.8. The second kappa shape index (κ2) is 6.85. The number of benzene rings is 2. The lowest BCUT2D eigenvalue weighted by Gasteiger charge is -2.19. The molecule has 21 heavy (non-hydrogen) atoms. The standard InChI is InChI=1S/C16H18FN3O/c1-20(15-8-6-14(17)7-9-15)11-13-4-2-12(3-5-13)10-16(21)19-18/h2-9H,10-11,18H2,1H3,(H,19,21). The van der Waals surface area contributed by atoms with Crippen molar-refractivity contribution in [1.82, 2.24) is 5.43 Å². The van der Waals surface area contributed by atoms with Crippen molar-refractivity contribution in [1.29, 1.82) is 0 Å². The van der Waals surface area contributed by atoms with Crippen LogP contribution in [-0.2, 0) is 17.8 Å². The molecule has 3 N–H and O–H groups in total. The van der Waals surface area contributed by atoms with E-state index >= 15 is 0 Å². The highest BCUT2D eigenvalue weighted by atomic mass is 19.1. The van der Waals surface area contributed by atoms with Gasteiger partial charge < -0.3 is 4.90 Å². The second-order valence-electron chi connectivity index (χ2n) is 4.89. The molecule has 1 amide bonds. The summed E-state index contributed by atoms with van der Waals surface area (Å²) in [5.74, 6) is 4.60. The number of nitrogens with zero attached hydrogens (tertiary/aromatic N) is 1. The maximum absolute atomic E-state index is 12.9. The summed E-state index contributed by atoms with van der Waals surface area (Å²) < 4.78 is 12.9. The first-order valence-corrected chi connectivity index (χ1v) is 6.62. The van der Waals surface area contributed by atoms with Gasteiger partial charge in [0.25, 0.3) is 0 Å². The van der Waals surface area contributed by atoms with Gasteiger partial charge in [0, 0.05) is 19.3 Å². The predicted octanol–water partition coefficient (Wildman–Crippen LogP) is 1.99. The molecule has 0 saturated heterocycles. The van der Waals surface area contributed by atoms with Crippen molar-refractivity contribution in [3.8, 4) is 0 Å². The van der Waals surface area contributed by atoms with Gasteiger partial charge in [-0.3, -0.25) is 10.2 Å². The number of hydrogen-bond donors (Lipinski definition) is 2. The van der Waals surface area contributed by atoms with Crippen molar-refractivity contribution >= 4 is 11.6 Å². The van der Waals surface area contributed by atoms with Crippen LogP contribution in [0.1, 0.15) is 11.1 Å². The van der Waals surface area contributed by atoms with Crippen LogP contribution in [0.25, 0.3) is 0 Å². The Labute approximate surface area is 123 Å². The predicted molar refractivity (Wildman–Crippen MR) is 81.0 cm³/mol. The summed E-state index contributed by atoms with van der Waals surface area (Å²) in [6.45, 7) is 0.703. The van der Waals surface area contributed by atoms with Gasteiger partial charge in [0.05, 0.1) is 6.42 Å². The number of nitrogens with two attached hydrogens (primary N) is 1. The average Bonchev–Trinajstić information content (AvgIpc) is 2.49. The van der Waals surface area contributed by atoms with Gasteiger partial charge in [0.2, 0.25) is 5.91 Å². The number of rotatable bonds is 5. The molecular weight excluding hydrogens is 269 g/mol. The Hall–Kier alpha value is -2.40. The highest BCUT2D eigenvalue weighted by Gasteiger charge is 2.04. The molecule has 2 aromatic rings. The van der Waals surface area contributed by atoms with Gasteiger partial charge in [-0.1, -0.05) is 24.3 Å². The van der Waals surface area contributed by atoms with Crippen LogP contribution in [0, 0.1) is 5.82 Å². The number of halogens is 1. The van der Waals surface area contributed by atoms with Crippen molar-refractivity contribution in [3.05, 3.63) is 65.5 Å². The SMILES string of the molecule is CN(Cc1ccc(CC(=O)NN)cc1)c1ccc(F)cc1. The monoisotopic (exact) mass is 287 g/mol. The first-order valence-electron chi connectivity index (χ1n) is 6.62. The van der Waals surface area contributed by atoms with Gasteiger partial charge in [-0.05, 0) is 35.4 Å². The first-order chi connectivity index (χ1) is 10.1. The molecule has 0 fully saturated rings. The zero-order chi connectivity index (χ0) is 15.2. The van der Waals surface area contributed by atoms with Gasteiger partial charge in [0.15, 0.2) is 0 Å². The molecule has 0 unspecified atom stereocenters. The minimum atomic E-state index is -0.241. The number of carbonyl (C=O) groups is 1. The number of hydrogen-bond acceptors (Lipinski definition) is 3. The van der Waals surface area contributed by atoms with E-state index in [0.29, 0.717) is 6.54 Å². The smallest absolute Gasteiger partial charge is 0.238 e.